The highest BCUT2D eigenvalue weighted by Crippen LogP contribution is 2.17. The molecule has 158 valence electrons. The van der Waals surface area contributed by atoms with Gasteiger partial charge in [-0.1, -0.05) is 48.5 Å². The Kier molecular flexibility index (Phi) is 10.9. The maximum Gasteiger partial charge on any atom is 0.193 e. The van der Waals surface area contributed by atoms with Crippen molar-refractivity contribution in [1.82, 2.24) is 10.2 Å². The quantitative estimate of drug-likeness (QED) is 0.231. The molecule has 0 aromatic heterocycles. The smallest absolute Gasteiger partial charge is 0.193 e. The number of para-hydroxylation sites is 1. The normalized spacial score (nSPS) is 16.4. The number of hydrogen-bond acceptors (Lipinski definition) is 3. The summed E-state index contributed by atoms with van der Waals surface area (Å²) in [6.07, 6.45) is 2.20. The third-order valence-corrected chi connectivity index (χ3v) is 5.00. The molecule has 0 radical (unpaired) electrons. The molecule has 1 aliphatic heterocycles. The Bertz CT molecular complexity index is 711. The zero-order chi connectivity index (χ0) is 19.4. The van der Waals surface area contributed by atoms with E-state index in [9.17, 15) is 0 Å². The minimum atomic E-state index is 0. The summed E-state index contributed by atoms with van der Waals surface area (Å²) in [6, 6.07) is 20.7. The van der Waals surface area contributed by atoms with Gasteiger partial charge in [-0.15, -0.1) is 24.0 Å². The number of ether oxygens (including phenoxy) is 1. The summed E-state index contributed by atoms with van der Waals surface area (Å²) in [6.45, 7) is 5.42. The van der Waals surface area contributed by atoms with Crippen molar-refractivity contribution in [2.45, 2.75) is 19.4 Å². The van der Waals surface area contributed by atoms with Crippen molar-refractivity contribution in [1.29, 1.82) is 0 Å². The van der Waals surface area contributed by atoms with Crippen LogP contribution in [0.4, 0.5) is 5.69 Å². The number of anilines is 1. The first kappa shape index (κ1) is 23.5. The minimum absolute atomic E-state index is 0. The van der Waals surface area contributed by atoms with Crippen molar-refractivity contribution in [3.63, 3.8) is 0 Å². The molecule has 1 saturated heterocycles. The highest BCUT2D eigenvalue weighted by Gasteiger charge is 2.24. The predicted octanol–water partition coefficient (Wildman–Crippen LogP) is 4.22. The van der Waals surface area contributed by atoms with Gasteiger partial charge in [-0.2, -0.15) is 0 Å². The predicted molar refractivity (Wildman–Crippen MR) is 132 cm³/mol. The number of likely N-dealkylation sites (tertiary alicyclic amines) is 1. The third-order valence-electron chi connectivity index (χ3n) is 5.00. The van der Waals surface area contributed by atoms with Crippen LogP contribution in [0.3, 0.4) is 0 Å². The van der Waals surface area contributed by atoms with E-state index in [1.807, 2.05) is 19.2 Å². The molecule has 2 aromatic carbocycles. The van der Waals surface area contributed by atoms with Crippen LogP contribution in [0.5, 0.6) is 0 Å². The van der Waals surface area contributed by atoms with Crippen molar-refractivity contribution in [3.05, 3.63) is 66.2 Å². The number of halogens is 1. The summed E-state index contributed by atoms with van der Waals surface area (Å²) in [5, 5.41) is 6.93. The van der Waals surface area contributed by atoms with E-state index in [1.165, 1.54) is 11.3 Å². The van der Waals surface area contributed by atoms with Crippen LogP contribution in [0, 0.1) is 5.92 Å². The number of hydrogen-bond donors (Lipinski definition) is 2. The van der Waals surface area contributed by atoms with Gasteiger partial charge in [0.25, 0.3) is 0 Å². The van der Waals surface area contributed by atoms with Gasteiger partial charge in [0.1, 0.15) is 0 Å². The summed E-state index contributed by atoms with van der Waals surface area (Å²) < 4.78 is 5.93. The van der Waals surface area contributed by atoms with Crippen LogP contribution in [0.2, 0.25) is 0 Å². The van der Waals surface area contributed by atoms with Crippen molar-refractivity contribution in [2.24, 2.45) is 10.9 Å². The molecule has 2 aromatic rings. The molecule has 0 aliphatic carbocycles. The first-order valence-electron chi connectivity index (χ1n) is 10.2. The average Bonchev–Trinajstić information content (AvgIpc) is 3.21. The second-order valence-electron chi connectivity index (χ2n) is 7.22. The van der Waals surface area contributed by atoms with E-state index in [4.69, 9.17) is 4.74 Å². The fourth-order valence-corrected chi connectivity index (χ4v) is 3.49. The maximum atomic E-state index is 5.93. The molecule has 1 heterocycles. The van der Waals surface area contributed by atoms with Crippen molar-refractivity contribution >= 4 is 35.6 Å². The van der Waals surface area contributed by atoms with Gasteiger partial charge in [0.2, 0.25) is 0 Å². The van der Waals surface area contributed by atoms with Gasteiger partial charge in [0.15, 0.2) is 5.96 Å². The van der Waals surface area contributed by atoms with E-state index < -0.39 is 0 Å². The van der Waals surface area contributed by atoms with Gasteiger partial charge >= 0.3 is 0 Å². The fraction of sp³-hybridized carbons (Fsp3) is 0.435. The van der Waals surface area contributed by atoms with E-state index >= 15 is 0 Å². The lowest BCUT2D eigenvalue weighted by Gasteiger charge is -2.22. The summed E-state index contributed by atoms with van der Waals surface area (Å²) in [7, 11) is 1.86. The molecular formula is C23H33IN4O. The molecule has 2 N–H and O–H groups in total. The number of nitrogens with zero attached hydrogens (tertiary/aromatic N) is 2. The SMILES string of the molecule is CN=C(NCCCNc1ccccc1)N1CCC(COCc2ccccc2)C1.I. The van der Waals surface area contributed by atoms with Gasteiger partial charge < -0.3 is 20.3 Å². The van der Waals surface area contributed by atoms with Crippen LogP contribution in [0.1, 0.15) is 18.4 Å². The lowest BCUT2D eigenvalue weighted by molar-refractivity contribution is 0.0907. The molecule has 1 unspecified atom stereocenters. The second-order valence-corrected chi connectivity index (χ2v) is 7.22. The zero-order valence-corrected chi connectivity index (χ0v) is 19.5. The summed E-state index contributed by atoms with van der Waals surface area (Å²) >= 11 is 0. The zero-order valence-electron chi connectivity index (χ0n) is 17.2. The minimum Gasteiger partial charge on any atom is -0.385 e. The van der Waals surface area contributed by atoms with E-state index in [1.54, 1.807) is 0 Å². The van der Waals surface area contributed by atoms with Crippen LogP contribution >= 0.6 is 24.0 Å². The maximum absolute atomic E-state index is 5.93. The highest BCUT2D eigenvalue weighted by atomic mass is 127. The molecule has 5 nitrogen and oxygen atoms in total. The first-order chi connectivity index (χ1) is 13.8. The van der Waals surface area contributed by atoms with E-state index in [0.29, 0.717) is 12.5 Å². The highest BCUT2D eigenvalue weighted by molar-refractivity contribution is 14.0. The monoisotopic (exact) mass is 508 g/mol. The molecule has 1 aliphatic rings. The number of guanidine groups is 1. The van der Waals surface area contributed by atoms with Crippen molar-refractivity contribution in [2.75, 3.05) is 45.2 Å². The van der Waals surface area contributed by atoms with Gasteiger partial charge in [-0.25, -0.2) is 0 Å². The average molecular weight is 508 g/mol. The molecular weight excluding hydrogens is 475 g/mol. The topological polar surface area (TPSA) is 48.9 Å². The molecule has 1 atom stereocenters. The second kappa shape index (κ2) is 13.4. The summed E-state index contributed by atoms with van der Waals surface area (Å²) in [5.74, 6) is 1.58. The number of nitrogens with one attached hydrogen (secondary N) is 2. The molecule has 6 heteroatoms. The van der Waals surface area contributed by atoms with Crippen LogP contribution in [0.15, 0.2) is 65.7 Å². The van der Waals surface area contributed by atoms with Gasteiger partial charge in [-0.05, 0) is 30.5 Å². The Hall–Kier alpha value is -1.80. The number of rotatable bonds is 9. The lowest BCUT2D eigenvalue weighted by Crippen LogP contribution is -2.41. The van der Waals surface area contributed by atoms with E-state index in [-0.39, 0.29) is 24.0 Å². The Labute approximate surface area is 192 Å². The molecule has 3 rings (SSSR count). The van der Waals surface area contributed by atoms with Crippen LogP contribution in [-0.2, 0) is 11.3 Å². The molecule has 29 heavy (non-hydrogen) atoms. The van der Waals surface area contributed by atoms with E-state index in [2.05, 4.69) is 69.1 Å². The van der Waals surface area contributed by atoms with Crippen LogP contribution < -0.4 is 10.6 Å². The molecule has 0 spiro atoms. The van der Waals surface area contributed by atoms with Gasteiger partial charge in [0, 0.05) is 44.8 Å². The fourth-order valence-electron chi connectivity index (χ4n) is 3.49. The van der Waals surface area contributed by atoms with Crippen LogP contribution in [-0.4, -0.2) is 50.7 Å². The lowest BCUT2D eigenvalue weighted by atomic mass is 10.1. The Morgan fingerprint density at radius 1 is 1.07 bits per heavy atom. The van der Waals surface area contributed by atoms with Crippen molar-refractivity contribution < 1.29 is 4.74 Å². The summed E-state index contributed by atoms with van der Waals surface area (Å²) in [4.78, 5) is 6.81. The first-order valence-corrected chi connectivity index (χ1v) is 10.2. The summed E-state index contributed by atoms with van der Waals surface area (Å²) in [5.41, 5.74) is 2.41. The van der Waals surface area contributed by atoms with Gasteiger partial charge in [0.05, 0.1) is 13.2 Å². The largest absolute Gasteiger partial charge is 0.385 e. The van der Waals surface area contributed by atoms with Crippen molar-refractivity contribution in [3.8, 4) is 0 Å². The standard InChI is InChI=1S/C23H32N4O.HI/c1-24-23(26-15-8-14-25-22-11-6-3-7-12-22)27-16-13-21(17-27)19-28-18-20-9-4-2-5-10-20;/h2-7,9-12,21,25H,8,13-19H2,1H3,(H,24,26);1H. The number of aliphatic imine (C=N–C) groups is 1. The Morgan fingerprint density at radius 2 is 1.79 bits per heavy atom. The van der Waals surface area contributed by atoms with Crippen LogP contribution in [0.25, 0.3) is 0 Å². The van der Waals surface area contributed by atoms with E-state index in [0.717, 1.165) is 51.6 Å². The number of benzene rings is 2. The molecule has 0 bridgehead atoms. The van der Waals surface area contributed by atoms with Gasteiger partial charge in [-0.3, -0.25) is 4.99 Å². The molecule has 1 fully saturated rings. The Morgan fingerprint density at radius 3 is 2.52 bits per heavy atom. The Balaban J connectivity index is 0.00000300. The molecule has 0 amide bonds. The third kappa shape index (κ3) is 8.22. The molecule has 0 saturated carbocycles.